The molecular weight excluding hydrogens is 340 g/mol. The molecule has 6 heteroatoms. The maximum absolute atomic E-state index is 13.3. The molecule has 2 saturated heterocycles. The van der Waals surface area contributed by atoms with Crippen molar-refractivity contribution >= 4 is 5.91 Å². The molecule has 0 spiro atoms. The van der Waals surface area contributed by atoms with Gasteiger partial charge in [0.05, 0.1) is 0 Å². The van der Waals surface area contributed by atoms with Gasteiger partial charge in [-0.3, -0.25) is 4.79 Å². The van der Waals surface area contributed by atoms with Gasteiger partial charge in [-0.2, -0.15) is 0 Å². The van der Waals surface area contributed by atoms with Gasteiger partial charge in [0.25, 0.3) is 5.91 Å². The summed E-state index contributed by atoms with van der Waals surface area (Å²) in [6, 6.07) is 12.3. The average Bonchev–Trinajstić information content (AvgIpc) is 3.36. The lowest BCUT2D eigenvalue weighted by molar-refractivity contribution is -1.03. The average molecular weight is 370 g/mol. The van der Waals surface area contributed by atoms with Gasteiger partial charge in [0.1, 0.15) is 44.2 Å². The molecule has 0 unspecified atom stereocenters. The Labute approximate surface area is 160 Å². The number of amides is 1. The number of rotatable bonds is 5. The highest BCUT2D eigenvalue weighted by Crippen LogP contribution is 2.17. The van der Waals surface area contributed by atoms with Crippen molar-refractivity contribution in [1.29, 1.82) is 0 Å². The molecule has 0 saturated carbocycles. The molecule has 6 nitrogen and oxygen atoms in total. The van der Waals surface area contributed by atoms with E-state index in [0.29, 0.717) is 5.91 Å². The fourth-order valence-electron chi connectivity index (χ4n) is 4.47. The number of carbonyl (C=O) groups excluding carboxylic acids is 1. The molecule has 1 aromatic heterocycles. The summed E-state index contributed by atoms with van der Waals surface area (Å²) in [7, 11) is 0. The van der Waals surface area contributed by atoms with E-state index in [2.05, 4.69) is 22.2 Å². The second-order valence-corrected chi connectivity index (χ2v) is 7.89. The molecule has 2 N–H and O–H groups in total. The first-order chi connectivity index (χ1) is 13.2. The summed E-state index contributed by atoms with van der Waals surface area (Å²) in [5.74, 6) is 1.18. The van der Waals surface area contributed by atoms with Crippen LogP contribution in [-0.2, 0) is 11.3 Å². The highest BCUT2D eigenvalue weighted by atomic mass is 16.5. The highest BCUT2D eigenvalue weighted by molar-refractivity contribution is 5.82. The topological polar surface area (TPSA) is 55.2 Å². The van der Waals surface area contributed by atoms with Gasteiger partial charge >= 0.3 is 0 Å². The van der Waals surface area contributed by atoms with Crippen molar-refractivity contribution in [2.24, 2.45) is 0 Å². The fourth-order valence-corrected chi connectivity index (χ4v) is 4.47. The normalized spacial score (nSPS) is 24.1. The van der Waals surface area contributed by atoms with Crippen LogP contribution >= 0.6 is 0 Å². The maximum Gasteiger partial charge on any atom is 0.285 e. The van der Waals surface area contributed by atoms with E-state index in [0.717, 1.165) is 75.7 Å². The van der Waals surface area contributed by atoms with E-state index >= 15 is 0 Å². The van der Waals surface area contributed by atoms with E-state index < -0.39 is 0 Å². The summed E-state index contributed by atoms with van der Waals surface area (Å²) in [5.41, 5.74) is 2.18. The third-order valence-electron chi connectivity index (χ3n) is 5.91. The number of aryl methyl sites for hydroxylation is 1. The fraction of sp³-hybridized carbons (Fsp3) is 0.524. The first kappa shape index (κ1) is 18.2. The van der Waals surface area contributed by atoms with Crippen LogP contribution in [0, 0.1) is 6.92 Å². The predicted molar refractivity (Wildman–Crippen MR) is 101 cm³/mol. The number of hydrogen-bond donors (Lipinski definition) is 2. The molecule has 0 aliphatic carbocycles. The Hall–Kier alpha value is -2.18. The molecule has 2 aliphatic heterocycles. The molecule has 1 aromatic carbocycles. The number of likely N-dealkylation sites (tertiary alicyclic amines) is 1. The Morgan fingerprint density at radius 1 is 1.15 bits per heavy atom. The van der Waals surface area contributed by atoms with Gasteiger partial charge in [-0.05, 0) is 19.8 Å². The summed E-state index contributed by atoms with van der Waals surface area (Å²) in [4.78, 5) is 18.3. The van der Waals surface area contributed by atoms with Crippen molar-refractivity contribution in [1.82, 2.24) is 10.1 Å². The molecule has 1 amide bonds. The van der Waals surface area contributed by atoms with Crippen LogP contribution in [0.15, 0.2) is 40.9 Å². The van der Waals surface area contributed by atoms with Crippen molar-refractivity contribution in [3.63, 3.8) is 0 Å². The van der Waals surface area contributed by atoms with Gasteiger partial charge in [0, 0.05) is 24.7 Å². The number of carbonyl (C=O) groups is 1. The van der Waals surface area contributed by atoms with E-state index in [1.165, 1.54) is 9.80 Å². The number of quaternary nitrogens is 2. The molecule has 3 heterocycles. The standard InChI is InChI=1S/C21H28N4O2/c1-17-15-19(22-27-17)16-23-11-13-24(14-12-23)20(18-7-3-2-4-8-18)21(26)25-9-5-6-10-25/h2-4,7-8,15,20H,5-6,9-14,16H2,1H3/p+2/t20-/m1/s1. The largest absolute Gasteiger partial charge is 0.361 e. The van der Waals surface area contributed by atoms with Crippen molar-refractivity contribution in [3.8, 4) is 0 Å². The lowest BCUT2D eigenvalue weighted by atomic mass is 10.0. The number of aromatic nitrogens is 1. The van der Waals surface area contributed by atoms with Crippen LogP contribution in [0.3, 0.4) is 0 Å². The van der Waals surface area contributed by atoms with Crippen molar-refractivity contribution in [3.05, 3.63) is 53.4 Å². The van der Waals surface area contributed by atoms with Crippen molar-refractivity contribution < 1.29 is 19.1 Å². The van der Waals surface area contributed by atoms with Gasteiger partial charge < -0.3 is 19.2 Å². The lowest BCUT2D eigenvalue weighted by Crippen LogP contribution is -3.28. The highest BCUT2D eigenvalue weighted by Gasteiger charge is 2.38. The number of benzene rings is 1. The van der Waals surface area contributed by atoms with E-state index in [-0.39, 0.29) is 6.04 Å². The van der Waals surface area contributed by atoms with Crippen LogP contribution in [0.4, 0.5) is 0 Å². The molecule has 0 radical (unpaired) electrons. The number of hydrogen-bond acceptors (Lipinski definition) is 3. The lowest BCUT2D eigenvalue weighted by Gasteiger charge is -2.35. The Morgan fingerprint density at radius 3 is 2.48 bits per heavy atom. The van der Waals surface area contributed by atoms with Crippen molar-refractivity contribution in [2.75, 3.05) is 39.3 Å². The number of nitrogens with one attached hydrogen (secondary N) is 2. The van der Waals surface area contributed by atoms with E-state index in [9.17, 15) is 4.79 Å². The Kier molecular flexibility index (Phi) is 5.55. The molecule has 2 aliphatic rings. The second kappa shape index (κ2) is 8.23. The second-order valence-electron chi connectivity index (χ2n) is 7.89. The van der Waals surface area contributed by atoms with Gasteiger partial charge in [0.15, 0.2) is 6.04 Å². The molecule has 2 aromatic rings. The first-order valence-electron chi connectivity index (χ1n) is 10.1. The molecular formula is C21H30N4O2+2. The van der Waals surface area contributed by atoms with Gasteiger partial charge in [-0.15, -0.1) is 0 Å². The SMILES string of the molecule is Cc1cc(C[NH+]2CC[NH+]([C@@H](C(=O)N3CCCC3)c3ccccc3)CC2)no1. The van der Waals surface area contributed by atoms with E-state index in [1.807, 2.05) is 31.2 Å². The molecule has 1 atom stereocenters. The summed E-state index contributed by atoms with van der Waals surface area (Å²) in [5, 5.41) is 4.13. The summed E-state index contributed by atoms with van der Waals surface area (Å²) >= 11 is 0. The molecule has 4 rings (SSSR count). The van der Waals surface area contributed by atoms with Crippen LogP contribution in [0.1, 0.15) is 35.9 Å². The first-order valence-corrected chi connectivity index (χ1v) is 10.1. The number of piperazine rings is 1. The van der Waals surface area contributed by atoms with Gasteiger partial charge in [-0.1, -0.05) is 35.5 Å². The van der Waals surface area contributed by atoms with Crippen molar-refractivity contribution in [2.45, 2.75) is 32.4 Å². The molecule has 2 fully saturated rings. The quantitative estimate of drug-likeness (QED) is 0.755. The van der Waals surface area contributed by atoms with Crippen LogP contribution < -0.4 is 9.80 Å². The Bertz CT molecular complexity index is 747. The van der Waals surface area contributed by atoms with E-state index in [1.54, 1.807) is 0 Å². The molecule has 27 heavy (non-hydrogen) atoms. The minimum atomic E-state index is -0.0693. The third-order valence-corrected chi connectivity index (χ3v) is 5.91. The minimum Gasteiger partial charge on any atom is -0.361 e. The van der Waals surface area contributed by atoms with Gasteiger partial charge in [0.2, 0.25) is 0 Å². The maximum atomic E-state index is 13.3. The zero-order valence-electron chi connectivity index (χ0n) is 16.1. The smallest absolute Gasteiger partial charge is 0.285 e. The summed E-state index contributed by atoms with van der Waals surface area (Å²) in [6.45, 7) is 8.78. The molecule has 0 bridgehead atoms. The Morgan fingerprint density at radius 2 is 1.85 bits per heavy atom. The predicted octanol–water partition coefficient (Wildman–Crippen LogP) is -0.370. The molecule has 144 valence electrons. The minimum absolute atomic E-state index is 0.0693. The van der Waals surface area contributed by atoms with Crippen LogP contribution in [0.25, 0.3) is 0 Å². The van der Waals surface area contributed by atoms with Crippen LogP contribution in [0.5, 0.6) is 0 Å². The monoisotopic (exact) mass is 370 g/mol. The number of nitrogens with zero attached hydrogens (tertiary/aromatic N) is 2. The summed E-state index contributed by atoms with van der Waals surface area (Å²) < 4.78 is 5.19. The summed E-state index contributed by atoms with van der Waals surface area (Å²) in [6.07, 6.45) is 2.27. The van der Waals surface area contributed by atoms with Crippen LogP contribution in [-0.4, -0.2) is 55.2 Å². The zero-order chi connectivity index (χ0) is 18.6. The van der Waals surface area contributed by atoms with E-state index in [4.69, 9.17) is 4.52 Å². The van der Waals surface area contributed by atoms with Gasteiger partial charge in [-0.25, -0.2) is 0 Å². The zero-order valence-corrected chi connectivity index (χ0v) is 16.1. The Balaban J connectivity index is 1.44. The van der Waals surface area contributed by atoms with Crippen LogP contribution in [0.2, 0.25) is 0 Å². The third kappa shape index (κ3) is 4.22.